The van der Waals surface area contributed by atoms with E-state index in [1.165, 1.54) is 5.57 Å². The second-order valence-electron chi connectivity index (χ2n) is 6.33. The molecule has 0 aliphatic heterocycles. The minimum Gasteiger partial charge on any atom is -0.289 e. The molecule has 0 saturated carbocycles. The number of rotatable bonds is 6. The highest BCUT2D eigenvalue weighted by Gasteiger charge is 2.03. The van der Waals surface area contributed by atoms with Gasteiger partial charge in [-0.2, -0.15) is 0 Å². The molecule has 3 rings (SSSR count). The van der Waals surface area contributed by atoms with Crippen LogP contribution in [0.3, 0.4) is 0 Å². The van der Waals surface area contributed by atoms with Crippen molar-refractivity contribution in [3.05, 3.63) is 113 Å². The Morgan fingerprint density at radius 1 is 1.00 bits per heavy atom. The zero-order chi connectivity index (χ0) is 18.9. The van der Waals surface area contributed by atoms with Crippen LogP contribution < -0.4 is 0 Å². The fourth-order valence-electron chi connectivity index (χ4n) is 2.86. The Balaban J connectivity index is 1.63. The van der Waals surface area contributed by atoms with Gasteiger partial charge in [0.05, 0.1) is 0 Å². The molecule has 0 spiro atoms. The van der Waals surface area contributed by atoms with Gasteiger partial charge < -0.3 is 0 Å². The molecule has 132 valence electrons. The number of hydrogen-bond acceptors (Lipinski definition) is 2. The third kappa shape index (κ3) is 5.50. The zero-order valence-electron chi connectivity index (χ0n) is 15.0. The van der Waals surface area contributed by atoms with Crippen molar-refractivity contribution in [3.63, 3.8) is 0 Å². The zero-order valence-corrected chi connectivity index (χ0v) is 15.0. The molecule has 0 aromatic heterocycles. The fourth-order valence-corrected chi connectivity index (χ4v) is 2.86. The average Bonchev–Trinajstić information content (AvgIpc) is 2.73. The SMILES string of the molecule is O=C=C1C=CC=C(CC=Cc2cccc(C=CC(=O)c3ccccc3)c2)C1. The molecular formula is C25H20O2. The van der Waals surface area contributed by atoms with E-state index in [1.54, 1.807) is 12.2 Å². The first-order valence-electron chi connectivity index (χ1n) is 8.89. The maximum atomic E-state index is 12.2. The number of benzene rings is 2. The molecular weight excluding hydrogens is 332 g/mol. The molecule has 0 amide bonds. The molecule has 1 aliphatic carbocycles. The van der Waals surface area contributed by atoms with Crippen molar-refractivity contribution in [3.8, 4) is 0 Å². The highest BCUT2D eigenvalue weighted by Crippen LogP contribution is 2.19. The Bertz CT molecular complexity index is 982. The molecule has 0 unspecified atom stereocenters. The van der Waals surface area contributed by atoms with Crippen molar-refractivity contribution >= 4 is 23.9 Å². The van der Waals surface area contributed by atoms with Gasteiger partial charge in [0.15, 0.2) is 5.78 Å². The number of carbonyl (C=O) groups excluding carboxylic acids is 2. The van der Waals surface area contributed by atoms with Crippen molar-refractivity contribution in [2.75, 3.05) is 0 Å². The van der Waals surface area contributed by atoms with Gasteiger partial charge in [-0.15, -0.1) is 0 Å². The first-order chi connectivity index (χ1) is 13.2. The summed E-state index contributed by atoms with van der Waals surface area (Å²) in [5, 5.41) is 0. The normalized spacial score (nSPS) is 13.8. The summed E-state index contributed by atoms with van der Waals surface area (Å²) in [7, 11) is 0. The Kier molecular flexibility index (Phi) is 6.30. The van der Waals surface area contributed by atoms with Crippen LogP contribution in [-0.4, -0.2) is 11.7 Å². The summed E-state index contributed by atoms with van der Waals surface area (Å²) in [6.45, 7) is 0. The number of allylic oxidation sites excluding steroid dienone is 7. The molecule has 27 heavy (non-hydrogen) atoms. The standard InChI is InChI=1S/C25H20O2/c26-19-23-12-6-10-21(18-23)9-4-7-20-8-5-11-22(17-20)15-16-25(27)24-13-2-1-3-14-24/h1-8,10-17H,9,18H2. The molecule has 0 N–H and O–H groups in total. The molecule has 1 aliphatic rings. The van der Waals surface area contributed by atoms with Crippen LogP contribution >= 0.6 is 0 Å². The van der Waals surface area contributed by atoms with Gasteiger partial charge in [0, 0.05) is 17.6 Å². The van der Waals surface area contributed by atoms with Gasteiger partial charge in [-0.25, -0.2) is 4.79 Å². The minimum absolute atomic E-state index is 0.00660. The van der Waals surface area contributed by atoms with E-state index in [0.717, 1.165) is 17.5 Å². The number of hydrogen-bond donors (Lipinski definition) is 0. The lowest BCUT2D eigenvalue weighted by Crippen LogP contribution is -1.92. The topological polar surface area (TPSA) is 34.1 Å². The fraction of sp³-hybridized carbons (Fsp3) is 0.0800. The summed E-state index contributed by atoms with van der Waals surface area (Å²) in [6.07, 6.45) is 14.8. The average molecular weight is 352 g/mol. The van der Waals surface area contributed by atoms with Gasteiger partial charge in [0.25, 0.3) is 0 Å². The predicted octanol–water partition coefficient (Wildman–Crippen LogP) is 5.63. The van der Waals surface area contributed by atoms with Crippen molar-refractivity contribution in [1.29, 1.82) is 0 Å². The van der Waals surface area contributed by atoms with Crippen LogP contribution in [0.15, 0.2) is 96.1 Å². The lowest BCUT2D eigenvalue weighted by Gasteiger charge is -2.06. The second-order valence-corrected chi connectivity index (χ2v) is 6.33. The number of ketones is 1. The van der Waals surface area contributed by atoms with E-state index in [4.69, 9.17) is 0 Å². The summed E-state index contributed by atoms with van der Waals surface area (Å²) >= 11 is 0. The lowest BCUT2D eigenvalue weighted by atomic mass is 9.98. The van der Waals surface area contributed by atoms with Crippen molar-refractivity contribution in [2.45, 2.75) is 12.8 Å². The maximum absolute atomic E-state index is 12.2. The van der Waals surface area contributed by atoms with E-state index in [2.05, 4.69) is 12.2 Å². The van der Waals surface area contributed by atoms with Gasteiger partial charge in [-0.1, -0.05) is 84.5 Å². The highest BCUT2D eigenvalue weighted by molar-refractivity contribution is 6.06. The van der Waals surface area contributed by atoms with Crippen LogP contribution in [0.4, 0.5) is 0 Å². The van der Waals surface area contributed by atoms with Crippen LogP contribution in [0.1, 0.15) is 34.3 Å². The maximum Gasteiger partial charge on any atom is 0.185 e. The van der Waals surface area contributed by atoms with Crippen molar-refractivity contribution in [1.82, 2.24) is 0 Å². The van der Waals surface area contributed by atoms with E-state index in [-0.39, 0.29) is 5.78 Å². The van der Waals surface area contributed by atoms with Gasteiger partial charge >= 0.3 is 0 Å². The Morgan fingerprint density at radius 2 is 1.78 bits per heavy atom. The lowest BCUT2D eigenvalue weighted by molar-refractivity contribution is 0.104. The van der Waals surface area contributed by atoms with Crippen LogP contribution in [-0.2, 0) is 4.79 Å². The molecule has 2 heteroatoms. The number of carbonyl (C=O) groups is 1. The van der Waals surface area contributed by atoms with Crippen molar-refractivity contribution < 1.29 is 9.59 Å². The summed E-state index contributed by atoms with van der Waals surface area (Å²) in [4.78, 5) is 22.9. The predicted molar refractivity (Wildman–Crippen MR) is 111 cm³/mol. The Hall–Kier alpha value is -3.48. The monoisotopic (exact) mass is 352 g/mol. The molecule has 0 atom stereocenters. The highest BCUT2D eigenvalue weighted by atomic mass is 16.1. The summed E-state index contributed by atoms with van der Waals surface area (Å²) < 4.78 is 0. The Labute approximate surface area is 159 Å². The Morgan fingerprint density at radius 3 is 2.56 bits per heavy atom. The van der Waals surface area contributed by atoms with Gasteiger partial charge in [0.1, 0.15) is 5.94 Å². The van der Waals surface area contributed by atoms with Gasteiger partial charge in [-0.05, 0) is 35.8 Å². The van der Waals surface area contributed by atoms with Gasteiger partial charge in [0.2, 0.25) is 0 Å². The van der Waals surface area contributed by atoms with Gasteiger partial charge in [-0.3, -0.25) is 4.79 Å². The molecule has 0 saturated heterocycles. The molecule has 0 heterocycles. The van der Waals surface area contributed by atoms with E-state index >= 15 is 0 Å². The van der Waals surface area contributed by atoms with E-state index in [0.29, 0.717) is 17.6 Å². The molecule has 2 nitrogen and oxygen atoms in total. The molecule has 2 aromatic rings. The van der Waals surface area contributed by atoms with E-state index in [1.807, 2.05) is 78.8 Å². The first-order valence-corrected chi connectivity index (χ1v) is 8.89. The largest absolute Gasteiger partial charge is 0.289 e. The van der Waals surface area contributed by atoms with Crippen LogP contribution in [0.25, 0.3) is 12.2 Å². The van der Waals surface area contributed by atoms with E-state index < -0.39 is 0 Å². The third-order valence-corrected chi connectivity index (χ3v) is 4.26. The van der Waals surface area contributed by atoms with Crippen molar-refractivity contribution in [2.24, 2.45) is 0 Å². The molecule has 0 bridgehead atoms. The second kappa shape index (κ2) is 9.28. The smallest absolute Gasteiger partial charge is 0.185 e. The molecule has 2 aromatic carbocycles. The molecule has 0 fully saturated rings. The summed E-state index contributed by atoms with van der Waals surface area (Å²) in [5.41, 5.74) is 4.62. The third-order valence-electron chi connectivity index (χ3n) is 4.26. The first kappa shape index (κ1) is 18.3. The van der Waals surface area contributed by atoms with E-state index in [9.17, 15) is 9.59 Å². The molecule has 0 radical (unpaired) electrons. The van der Waals surface area contributed by atoms with Crippen LogP contribution in [0, 0.1) is 0 Å². The van der Waals surface area contributed by atoms with Crippen LogP contribution in [0.2, 0.25) is 0 Å². The summed E-state index contributed by atoms with van der Waals surface area (Å²) in [5.74, 6) is 1.96. The summed E-state index contributed by atoms with van der Waals surface area (Å²) in [6, 6.07) is 17.2. The van der Waals surface area contributed by atoms with Crippen LogP contribution in [0.5, 0.6) is 0 Å². The minimum atomic E-state index is -0.00660. The quantitative estimate of drug-likeness (QED) is 0.383.